The van der Waals surface area contributed by atoms with Gasteiger partial charge in [0.15, 0.2) is 0 Å². The largest absolute Gasteiger partial charge is 0.478 e. The summed E-state index contributed by atoms with van der Waals surface area (Å²) < 4.78 is 27.4. The van der Waals surface area contributed by atoms with Crippen molar-refractivity contribution in [2.75, 3.05) is 0 Å². The van der Waals surface area contributed by atoms with E-state index in [0.717, 1.165) is 0 Å². The molecule has 1 rings (SSSR count). The Morgan fingerprint density at radius 1 is 1.35 bits per heavy atom. The highest BCUT2D eigenvalue weighted by atomic mass is 32.2. The Kier molecular flexibility index (Phi) is 5.30. The van der Waals surface area contributed by atoms with Gasteiger partial charge in [-0.25, -0.2) is 17.9 Å². The average molecular weight is 299 g/mol. The molecule has 0 saturated carbocycles. The molecule has 0 saturated heterocycles. The fourth-order valence-electron chi connectivity index (χ4n) is 1.98. The molecule has 0 aliphatic rings. The Balaban J connectivity index is 3.21. The van der Waals surface area contributed by atoms with Gasteiger partial charge in [0, 0.05) is 6.04 Å². The second-order valence-corrected chi connectivity index (χ2v) is 6.85. The number of aryl methyl sites for hydroxylation is 1. The average Bonchev–Trinajstić information content (AvgIpc) is 2.35. The highest BCUT2D eigenvalue weighted by Gasteiger charge is 2.23. The van der Waals surface area contributed by atoms with Crippen LogP contribution < -0.4 is 4.72 Å². The first-order valence-electron chi connectivity index (χ1n) is 6.55. The summed E-state index contributed by atoms with van der Waals surface area (Å²) in [6.45, 7) is 7.44. The minimum atomic E-state index is -3.72. The van der Waals surface area contributed by atoms with E-state index in [0.29, 0.717) is 12.0 Å². The van der Waals surface area contributed by atoms with Gasteiger partial charge in [-0.1, -0.05) is 26.8 Å². The number of sulfonamides is 1. The first-order chi connectivity index (χ1) is 9.19. The van der Waals surface area contributed by atoms with Crippen LogP contribution in [0, 0.1) is 12.8 Å². The molecule has 0 aromatic heterocycles. The monoisotopic (exact) mass is 299 g/mol. The molecule has 0 bridgehead atoms. The summed E-state index contributed by atoms with van der Waals surface area (Å²) in [4.78, 5) is 11.0. The second kappa shape index (κ2) is 6.37. The van der Waals surface area contributed by atoms with Crippen molar-refractivity contribution in [3.8, 4) is 0 Å². The third-order valence-electron chi connectivity index (χ3n) is 3.28. The van der Waals surface area contributed by atoms with Gasteiger partial charge in [0.1, 0.15) is 0 Å². The van der Waals surface area contributed by atoms with Gasteiger partial charge < -0.3 is 5.11 Å². The zero-order chi connectivity index (χ0) is 15.5. The van der Waals surface area contributed by atoms with E-state index in [-0.39, 0.29) is 22.4 Å². The summed E-state index contributed by atoms with van der Waals surface area (Å²) in [5.41, 5.74) is 0.495. The Morgan fingerprint density at radius 2 is 1.95 bits per heavy atom. The van der Waals surface area contributed by atoms with E-state index in [1.165, 1.54) is 18.2 Å². The summed E-state index contributed by atoms with van der Waals surface area (Å²) in [5.74, 6) is -0.977. The van der Waals surface area contributed by atoms with Gasteiger partial charge >= 0.3 is 5.97 Å². The second-order valence-electron chi connectivity index (χ2n) is 5.17. The van der Waals surface area contributed by atoms with Crippen molar-refractivity contribution in [1.29, 1.82) is 0 Å². The van der Waals surface area contributed by atoms with E-state index in [4.69, 9.17) is 5.11 Å². The molecule has 0 spiro atoms. The molecular weight excluding hydrogens is 278 g/mol. The Hall–Kier alpha value is -1.40. The highest BCUT2D eigenvalue weighted by molar-refractivity contribution is 7.89. The van der Waals surface area contributed by atoms with Gasteiger partial charge in [0.25, 0.3) is 0 Å². The maximum atomic E-state index is 12.4. The fraction of sp³-hybridized carbons (Fsp3) is 0.500. The van der Waals surface area contributed by atoms with Crippen molar-refractivity contribution in [3.05, 3.63) is 29.3 Å². The number of aromatic carboxylic acids is 1. The highest BCUT2D eigenvalue weighted by Crippen LogP contribution is 2.19. The van der Waals surface area contributed by atoms with Gasteiger partial charge in [-0.3, -0.25) is 0 Å². The standard InChI is InChI=1S/C14H21NO4S/c1-5-12(9(2)3)15-20(18,19)13-8-11(14(16)17)7-6-10(13)4/h6-9,12,15H,5H2,1-4H3,(H,16,17). The molecule has 0 aliphatic heterocycles. The fourth-order valence-corrected chi connectivity index (χ4v) is 3.71. The van der Waals surface area contributed by atoms with Crippen molar-refractivity contribution in [3.63, 3.8) is 0 Å². The van der Waals surface area contributed by atoms with Crippen molar-refractivity contribution in [1.82, 2.24) is 4.72 Å². The molecule has 6 heteroatoms. The molecule has 0 radical (unpaired) electrons. The van der Waals surface area contributed by atoms with E-state index in [9.17, 15) is 13.2 Å². The van der Waals surface area contributed by atoms with Crippen LogP contribution in [0.15, 0.2) is 23.1 Å². The van der Waals surface area contributed by atoms with Gasteiger partial charge in [0.2, 0.25) is 10.0 Å². The zero-order valence-corrected chi connectivity index (χ0v) is 13.0. The molecule has 0 heterocycles. The van der Waals surface area contributed by atoms with E-state index in [2.05, 4.69) is 4.72 Å². The molecule has 112 valence electrons. The van der Waals surface area contributed by atoms with Crippen LogP contribution in [-0.2, 0) is 10.0 Å². The molecular formula is C14H21NO4S. The maximum absolute atomic E-state index is 12.4. The van der Waals surface area contributed by atoms with Crippen molar-refractivity contribution >= 4 is 16.0 Å². The Morgan fingerprint density at radius 3 is 2.40 bits per heavy atom. The molecule has 1 aromatic carbocycles. The molecule has 0 fully saturated rings. The number of nitrogens with one attached hydrogen (secondary N) is 1. The Labute approximate surface area is 120 Å². The summed E-state index contributed by atoms with van der Waals surface area (Å²) in [6, 6.07) is 3.94. The number of carbonyl (C=O) groups is 1. The lowest BCUT2D eigenvalue weighted by atomic mass is 10.0. The van der Waals surface area contributed by atoms with Crippen LogP contribution in [0.4, 0.5) is 0 Å². The number of carboxylic acid groups (broad SMARTS) is 1. The van der Waals surface area contributed by atoms with Crippen LogP contribution >= 0.6 is 0 Å². The summed E-state index contributed by atoms with van der Waals surface area (Å²) in [6.07, 6.45) is 0.675. The molecule has 5 nitrogen and oxygen atoms in total. The summed E-state index contributed by atoms with van der Waals surface area (Å²) in [5, 5.41) is 8.97. The molecule has 2 N–H and O–H groups in total. The van der Waals surface area contributed by atoms with Crippen molar-refractivity contribution in [2.45, 2.75) is 45.1 Å². The van der Waals surface area contributed by atoms with Gasteiger partial charge in [-0.15, -0.1) is 0 Å². The number of carboxylic acids is 1. The van der Waals surface area contributed by atoms with Crippen LogP contribution in [0.25, 0.3) is 0 Å². The van der Waals surface area contributed by atoms with Gasteiger partial charge in [0.05, 0.1) is 10.5 Å². The van der Waals surface area contributed by atoms with Crippen LogP contribution in [-0.4, -0.2) is 25.5 Å². The number of rotatable bonds is 6. The minimum absolute atomic E-state index is 0.0245. The first kappa shape index (κ1) is 16.7. The molecule has 1 unspecified atom stereocenters. The lowest BCUT2D eigenvalue weighted by Gasteiger charge is -2.21. The number of benzene rings is 1. The van der Waals surface area contributed by atoms with Crippen LogP contribution in [0.5, 0.6) is 0 Å². The van der Waals surface area contributed by atoms with Crippen molar-refractivity contribution in [2.24, 2.45) is 5.92 Å². The summed E-state index contributed by atoms with van der Waals surface area (Å²) >= 11 is 0. The van der Waals surface area contributed by atoms with Crippen LogP contribution in [0.3, 0.4) is 0 Å². The Bertz CT molecular complexity index is 593. The normalized spacial score (nSPS) is 13.4. The van der Waals surface area contributed by atoms with E-state index < -0.39 is 16.0 Å². The number of hydrogen-bond donors (Lipinski definition) is 2. The predicted octanol–water partition coefficient (Wildman–Crippen LogP) is 2.41. The number of hydrogen-bond acceptors (Lipinski definition) is 3. The maximum Gasteiger partial charge on any atom is 0.335 e. The topological polar surface area (TPSA) is 83.5 Å². The first-order valence-corrected chi connectivity index (χ1v) is 8.03. The van der Waals surface area contributed by atoms with Crippen LogP contribution in [0.1, 0.15) is 43.1 Å². The zero-order valence-electron chi connectivity index (χ0n) is 12.2. The van der Waals surface area contributed by atoms with E-state index >= 15 is 0 Å². The van der Waals surface area contributed by atoms with Crippen LogP contribution in [0.2, 0.25) is 0 Å². The van der Waals surface area contributed by atoms with Crippen molar-refractivity contribution < 1.29 is 18.3 Å². The molecule has 1 atom stereocenters. The smallest absolute Gasteiger partial charge is 0.335 e. The quantitative estimate of drug-likeness (QED) is 0.845. The van der Waals surface area contributed by atoms with E-state index in [1.54, 1.807) is 6.92 Å². The molecule has 0 aliphatic carbocycles. The molecule has 1 aromatic rings. The minimum Gasteiger partial charge on any atom is -0.478 e. The van der Waals surface area contributed by atoms with Gasteiger partial charge in [-0.2, -0.15) is 0 Å². The third kappa shape index (κ3) is 3.80. The van der Waals surface area contributed by atoms with Gasteiger partial charge in [-0.05, 0) is 37.0 Å². The SMILES string of the molecule is CCC(NS(=O)(=O)c1cc(C(=O)O)ccc1C)C(C)C. The lowest BCUT2D eigenvalue weighted by Crippen LogP contribution is -2.38. The predicted molar refractivity (Wildman–Crippen MR) is 77.4 cm³/mol. The summed E-state index contributed by atoms with van der Waals surface area (Å²) in [7, 11) is -3.72. The molecule has 20 heavy (non-hydrogen) atoms. The lowest BCUT2D eigenvalue weighted by molar-refractivity contribution is 0.0696. The van der Waals surface area contributed by atoms with E-state index in [1.807, 2.05) is 20.8 Å². The molecule has 0 amide bonds. The third-order valence-corrected chi connectivity index (χ3v) is 4.91.